The highest BCUT2D eigenvalue weighted by molar-refractivity contribution is 5.95. The molecule has 0 bridgehead atoms. The van der Waals surface area contributed by atoms with Crippen LogP contribution >= 0.6 is 0 Å². The molecule has 4 rings (SSSR count). The first-order valence-corrected chi connectivity index (χ1v) is 8.21. The maximum absolute atomic E-state index is 12.0. The van der Waals surface area contributed by atoms with Gasteiger partial charge < -0.3 is 18.6 Å². The largest absolute Gasteiger partial charge is 0.459 e. The van der Waals surface area contributed by atoms with Crippen LogP contribution in [0.15, 0.2) is 51.5 Å². The fourth-order valence-electron chi connectivity index (χ4n) is 3.09. The first-order chi connectivity index (χ1) is 12.2. The number of carbonyl (C=O) groups excluding carboxylic acids is 1. The highest BCUT2D eigenvalue weighted by Gasteiger charge is 2.24. The van der Waals surface area contributed by atoms with E-state index in [4.69, 9.17) is 8.83 Å². The Morgan fingerprint density at radius 2 is 1.96 bits per heavy atom. The van der Waals surface area contributed by atoms with Gasteiger partial charge in [0.05, 0.1) is 24.2 Å². The van der Waals surface area contributed by atoms with Gasteiger partial charge in [0.1, 0.15) is 0 Å². The van der Waals surface area contributed by atoms with Gasteiger partial charge in [0, 0.05) is 20.0 Å². The van der Waals surface area contributed by atoms with Crippen LogP contribution < -0.4 is 9.80 Å². The van der Waals surface area contributed by atoms with Crippen molar-refractivity contribution in [3.8, 4) is 11.7 Å². The number of hydrogen-bond donors (Lipinski definition) is 0. The molecule has 128 valence electrons. The summed E-state index contributed by atoms with van der Waals surface area (Å²) in [7, 11) is 0. The summed E-state index contributed by atoms with van der Waals surface area (Å²) in [5, 5.41) is 8.17. The van der Waals surface area contributed by atoms with Crippen molar-refractivity contribution in [3.63, 3.8) is 0 Å². The van der Waals surface area contributed by atoms with Crippen LogP contribution in [0.1, 0.15) is 19.2 Å². The van der Waals surface area contributed by atoms with Gasteiger partial charge in [-0.2, -0.15) is 0 Å². The third kappa shape index (κ3) is 3.00. The smallest absolute Gasteiger partial charge is 0.283 e. The first kappa shape index (κ1) is 15.4. The number of hydrogen-bond acceptors (Lipinski definition) is 6. The first-order valence-electron chi connectivity index (χ1n) is 8.21. The highest BCUT2D eigenvalue weighted by Crippen LogP contribution is 2.33. The van der Waals surface area contributed by atoms with Crippen molar-refractivity contribution in [2.75, 3.05) is 22.9 Å². The molecule has 0 saturated carbocycles. The van der Waals surface area contributed by atoms with Gasteiger partial charge in [-0.15, -0.1) is 10.2 Å². The zero-order valence-electron chi connectivity index (χ0n) is 13.9. The Labute approximate surface area is 144 Å². The molecule has 0 radical (unpaired) electrons. The summed E-state index contributed by atoms with van der Waals surface area (Å²) >= 11 is 0. The van der Waals surface area contributed by atoms with Gasteiger partial charge in [-0.3, -0.25) is 4.79 Å². The Morgan fingerprint density at radius 3 is 2.72 bits per heavy atom. The lowest BCUT2D eigenvalue weighted by Gasteiger charge is -2.25. The molecule has 25 heavy (non-hydrogen) atoms. The summed E-state index contributed by atoms with van der Waals surface area (Å²) in [6.45, 7) is 3.58. The molecule has 0 saturated heterocycles. The molecule has 3 heterocycles. The fraction of sp³-hybridized carbons (Fsp3) is 0.278. The van der Waals surface area contributed by atoms with Crippen LogP contribution in [0.5, 0.6) is 0 Å². The average molecular weight is 338 g/mol. The molecule has 7 heteroatoms. The number of furan rings is 1. The lowest BCUT2D eigenvalue weighted by molar-refractivity contribution is -0.116. The van der Waals surface area contributed by atoms with Crippen molar-refractivity contribution in [2.24, 2.45) is 0 Å². The molecule has 0 spiro atoms. The summed E-state index contributed by atoms with van der Waals surface area (Å²) in [5.41, 5.74) is 1.91. The summed E-state index contributed by atoms with van der Waals surface area (Å²) in [6.07, 6.45) is 2.44. The molecule has 7 nitrogen and oxygen atoms in total. The van der Waals surface area contributed by atoms with E-state index in [1.54, 1.807) is 25.3 Å². The van der Waals surface area contributed by atoms with E-state index in [1.807, 2.05) is 29.2 Å². The highest BCUT2D eigenvalue weighted by atomic mass is 16.4. The predicted molar refractivity (Wildman–Crippen MR) is 92.1 cm³/mol. The second-order valence-corrected chi connectivity index (χ2v) is 5.91. The zero-order chi connectivity index (χ0) is 17.2. The Balaban J connectivity index is 1.62. The van der Waals surface area contributed by atoms with Crippen molar-refractivity contribution < 1.29 is 13.6 Å². The van der Waals surface area contributed by atoms with E-state index < -0.39 is 0 Å². The molecule has 1 amide bonds. The number of anilines is 2. The Morgan fingerprint density at radius 1 is 1.12 bits per heavy atom. The third-order valence-electron chi connectivity index (χ3n) is 4.23. The molecule has 2 aromatic heterocycles. The Kier molecular flexibility index (Phi) is 3.97. The van der Waals surface area contributed by atoms with Gasteiger partial charge in [-0.1, -0.05) is 12.1 Å². The molecule has 1 aliphatic rings. The van der Waals surface area contributed by atoms with E-state index in [-0.39, 0.29) is 5.91 Å². The monoisotopic (exact) mass is 338 g/mol. The molecule has 0 aliphatic carbocycles. The fourth-order valence-corrected chi connectivity index (χ4v) is 3.09. The number of nitrogens with zero attached hydrogens (tertiary/aromatic N) is 4. The van der Waals surface area contributed by atoms with E-state index in [0.717, 1.165) is 24.3 Å². The topological polar surface area (TPSA) is 75.6 Å². The number of carbonyl (C=O) groups is 1. The van der Waals surface area contributed by atoms with Gasteiger partial charge in [0.15, 0.2) is 5.76 Å². The second kappa shape index (κ2) is 6.43. The van der Waals surface area contributed by atoms with Crippen molar-refractivity contribution in [3.05, 3.63) is 48.6 Å². The SMILES string of the molecule is CC(=O)N1CCCN(Cc2nnc(-c3ccco3)o2)c2ccccc21. The number of para-hydroxylation sites is 2. The Hall–Kier alpha value is -3.09. The van der Waals surface area contributed by atoms with Crippen molar-refractivity contribution in [1.82, 2.24) is 10.2 Å². The number of fused-ring (bicyclic) bond motifs is 1. The molecule has 0 N–H and O–H groups in total. The summed E-state index contributed by atoms with van der Waals surface area (Å²) < 4.78 is 11.0. The predicted octanol–water partition coefficient (Wildman–Crippen LogP) is 3.09. The van der Waals surface area contributed by atoms with Gasteiger partial charge in [-0.25, -0.2) is 0 Å². The lowest BCUT2D eigenvalue weighted by atomic mass is 10.2. The van der Waals surface area contributed by atoms with Crippen LogP contribution in [0.2, 0.25) is 0 Å². The van der Waals surface area contributed by atoms with Crippen molar-refractivity contribution in [1.29, 1.82) is 0 Å². The van der Waals surface area contributed by atoms with E-state index in [1.165, 1.54) is 0 Å². The molecule has 0 fully saturated rings. The van der Waals surface area contributed by atoms with Crippen LogP contribution in [0.25, 0.3) is 11.7 Å². The molecule has 3 aromatic rings. The number of aromatic nitrogens is 2. The maximum atomic E-state index is 12.0. The minimum absolute atomic E-state index is 0.0483. The van der Waals surface area contributed by atoms with Gasteiger partial charge in [0.2, 0.25) is 11.8 Å². The van der Waals surface area contributed by atoms with Crippen molar-refractivity contribution in [2.45, 2.75) is 19.9 Å². The quantitative estimate of drug-likeness (QED) is 0.730. The molecular formula is C18H18N4O3. The van der Waals surface area contributed by atoms with Gasteiger partial charge >= 0.3 is 0 Å². The molecule has 1 aromatic carbocycles. The maximum Gasteiger partial charge on any atom is 0.283 e. The van der Waals surface area contributed by atoms with E-state index in [9.17, 15) is 4.79 Å². The number of benzene rings is 1. The summed E-state index contributed by atoms with van der Waals surface area (Å²) in [5.74, 6) is 1.48. The minimum atomic E-state index is 0.0483. The van der Waals surface area contributed by atoms with Crippen molar-refractivity contribution >= 4 is 17.3 Å². The van der Waals surface area contributed by atoms with Crippen LogP contribution in [0.3, 0.4) is 0 Å². The van der Waals surface area contributed by atoms with E-state index in [2.05, 4.69) is 15.1 Å². The van der Waals surface area contributed by atoms with Crippen LogP contribution in [-0.4, -0.2) is 29.2 Å². The normalized spacial score (nSPS) is 14.3. The summed E-state index contributed by atoms with van der Waals surface area (Å²) in [6, 6.07) is 11.5. The average Bonchev–Trinajstić information content (AvgIpc) is 3.25. The number of amides is 1. The zero-order valence-corrected chi connectivity index (χ0v) is 13.9. The Bertz CT molecular complexity index is 872. The molecule has 0 atom stereocenters. The van der Waals surface area contributed by atoms with Gasteiger partial charge in [0.25, 0.3) is 5.89 Å². The van der Waals surface area contributed by atoms with Gasteiger partial charge in [-0.05, 0) is 30.7 Å². The lowest BCUT2D eigenvalue weighted by Crippen LogP contribution is -2.28. The molecule has 0 unspecified atom stereocenters. The minimum Gasteiger partial charge on any atom is -0.459 e. The third-order valence-corrected chi connectivity index (χ3v) is 4.23. The standard InChI is InChI=1S/C18H18N4O3/c1-13(23)22-10-5-9-21(14-6-2-3-7-15(14)22)12-17-19-20-18(25-17)16-8-4-11-24-16/h2-4,6-8,11H,5,9-10,12H2,1H3. The molecule has 1 aliphatic heterocycles. The van der Waals surface area contributed by atoms with E-state index in [0.29, 0.717) is 30.6 Å². The van der Waals surface area contributed by atoms with Crippen LogP contribution in [0.4, 0.5) is 11.4 Å². The molecular weight excluding hydrogens is 320 g/mol. The number of rotatable bonds is 3. The van der Waals surface area contributed by atoms with Crippen LogP contribution in [0, 0.1) is 0 Å². The van der Waals surface area contributed by atoms with E-state index >= 15 is 0 Å². The summed E-state index contributed by atoms with van der Waals surface area (Å²) in [4.78, 5) is 16.0. The van der Waals surface area contributed by atoms with Crippen LogP contribution in [-0.2, 0) is 11.3 Å². The second-order valence-electron chi connectivity index (χ2n) is 5.91.